The van der Waals surface area contributed by atoms with E-state index < -0.39 is 0 Å². The summed E-state index contributed by atoms with van der Waals surface area (Å²) >= 11 is 3.49. The van der Waals surface area contributed by atoms with Crippen molar-refractivity contribution in [2.75, 3.05) is 23.7 Å². The van der Waals surface area contributed by atoms with Crippen molar-refractivity contribution in [3.05, 3.63) is 22.7 Å². The number of nitrogens with zero attached hydrogens (tertiary/aromatic N) is 1. The van der Waals surface area contributed by atoms with Gasteiger partial charge in [-0.25, -0.2) is 0 Å². The molecule has 0 amide bonds. The van der Waals surface area contributed by atoms with Gasteiger partial charge in [-0.15, -0.1) is 0 Å². The largest absolute Gasteiger partial charge is 0.398 e. The highest BCUT2D eigenvalue weighted by atomic mass is 79.9. The average Bonchev–Trinajstić information content (AvgIpc) is 2.69. The topological polar surface area (TPSA) is 29.3 Å². The molecule has 1 aromatic carbocycles. The summed E-state index contributed by atoms with van der Waals surface area (Å²) in [5.74, 6) is 0. The summed E-state index contributed by atoms with van der Waals surface area (Å²) in [5, 5.41) is 0. The second kappa shape index (κ2) is 3.66. The van der Waals surface area contributed by atoms with E-state index >= 15 is 0 Å². The van der Waals surface area contributed by atoms with Crippen molar-refractivity contribution >= 4 is 27.3 Å². The number of hydrogen-bond acceptors (Lipinski definition) is 2. The van der Waals surface area contributed by atoms with E-state index in [2.05, 4.69) is 33.0 Å². The predicted molar refractivity (Wildman–Crippen MR) is 71.7 cm³/mol. The van der Waals surface area contributed by atoms with E-state index in [-0.39, 0.29) is 0 Å². The zero-order valence-electron chi connectivity index (χ0n) is 9.38. The molecule has 3 rings (SSSR count). The lowest BCUT2D eigenvalue weighted by molar-refractivity contribution is 0.222. The van der Waals surface area contributed by atoms with Crippen molar-refractivity contribution in [3.63, 3.8) is 0 Å². The summed E-state index contributed by atoms with van der Waals surface area (Å²) in [6.07, 6.45) is 5.72. The van der Waals surface area contributed by atoms with E-state index in [1.807, 2.05) is 6.07 Å². The monoisotopic (exact) mass is 280 g/mol. The first-order chi connectivity index (χ1) is 7.69. The van der Waals surface area contributed by atoms with E-state index in [9.17, 15) is 0 Å². The zero-order valence-corrected chi connectivity index (χ0v) is 11.0. The summed E-state index contributed by atoms with van der Waals surface area (Å²) in [6, 6.07) is 6.25. The molecule has 3 heteroatoms. The van der Waals surface area contributed by atoms with Crippen LogP contribution < -0.4 is 10.6 Å². The molecule has 1 aromatic rings. The molecule has 0 radical (unpaired) electrons. The van der Waals surface area contributed by atoms with Gasteiger partial charge in [0.25, 0.3) is 0 Å². The fourth-order valence-corrected chi connectivity index (χ4v) is 3.47. The molecule has 2 N–H and O–H groups in total. The van der Waals surface area contributed by atoms with Gasteiger partial charge < -0.3 is 10.6 Å². The second-order valence-electron chi connectivity index (χ2n) is 5.27. The first kappa shape index (κ1) is 10.5. The minimum atomic E-state index is 0.661. The maximum absolute atomic E-state index is 5.80. The molecule has 0 aromatic heterocycles. The van der Waals surface area contributed by atoms with Gasteiger partial charge in [-0.1, -0.05) is 12.8 Å². The molecule has 0 bridgehead atoms. The minimum Gasteiger partial charge on any atom is -0.398 e. The highest BCUT2D eigenvalue weighted by molar-refractivity contribution is 9.10. The first-order valence-electron chi connectivity index (χ1n) is 5.99. The molecule has 86 valence electrons. The highest BCUT2D eigenvalue weighted by Gasteiger charge is 2.44. The summed E-state index contributed by atoms with van der Waals surface area (Å²) in [5.41, 5.74) is 8.58. The lowest BCUT2D eigenvalue weighted by atomic mass is 9.78. The predicted octanol–water partition coefficient (Wildman–Crippen LogP) is 3.41. The number of rotatable bonds is 1. The third-order valence-corrected chi connectivity index (χ3v) is 4.75. The molecule has 1 aliphatic carbocycles. The molecule has 2 fully saturated rings. The van der Waals surface area contributed by atoms with Crippen molar-refractivity contribution < 1.29 is 0 Å². The highest BCUT2D eigenvalue weighted by Crippen LogP contribution is 2.47. The second-order valence-corrected chi connectivity index (χ2v) is 6.12. The summed E-state index contributed by atoms with van der Waals surface area (Å²) < 4.78 is 1.01. The standard InChI is InChI=1S/C13H17BrN2/c14-11-7-10(3-4-12(11)15)16-8-13(9-16)5-1-2-6-13/h3-4,7H,1-2,5-6,8-9,15H2. The van der Waals surface area contributed by atoms with Crippen LogP contribution in [0.5, 0.6) is 0 Å². The van der Waals surface area contributed by atoms with Gasteiger partial charge in [-0.05, 0) is 47.0 Å². The van der Waals surface area contributed by atoms with Gasteiger partial charge >= 0.3 is 0 Å². The van der Waals surface area contributed by atoms with E-state index in [1.165, 1.54) is 44.5 Å². The Bertz CT molecular complexity index is 402. The van der Waals surface area contributed by atoms with Crippen LogP contribution in [-0.2, 0) is 0 Å². The number of benzene rings is 1. The van der Waals surface area contributed by atoms with Crippen molar-refractivity contribution in [2.45, 2.75) is 25.7 Å². The Balaban J connectivity index is 1.73. The lowest BCUT2D eigenvalue weighted by Crippen LogP contribution is -2.55. The van der Waals surface area contributed by atoms with Crippen molar-refractivity contribution in [1.82, 2.24) is 0 Å². The SMILES string of the molecule is Nc1ccc(N2CC3(CCCC3)C2)cc1Br. The van der Waals surface area contributed by atoms with Crippen LogP contribution in [-0.4, -0.2) is 13.1 Å². The molecule has 2 nitrogen and oxygen atoms in total. The van der Waals surface area contributed by atoms with Crippen molar-refractivity contribution in [3.8, 4) is 0 Å². The van der Waals surface area contributed by atoms with Crippen molar-refractivity contribution in [2.24, 2.45) is 5.41 Å². The molecule has 1 saturated heterocycles. The van der Waals surface area contributed by atoms with Crippen LogP contribution in [0.1, 0.15) is 25.7 Å². The molecule has 16 heavy (non-hydrogen) atoms. The Morgan fingerprint density at radius 1 is 1.19 bits per heavy atom. The normalized spacial score (nSPS) is 22.4. The van der Waals surface area contributed by atoms with Gasteiger partial charge in [-0.2, -0.15) is 0 Å². The smallest absolute Gasteiger partial charge is 0.0460 e. The molecular weight excluding hydrogens is 264 g/mol. The number of nitrogens with two attached hydrogens (primary N) is 1. The van der Waals surface area contributed by atoms with Gasteiger partial charge in [0.2, 0.25) is 0 Å². The van der Waals surface area contributed by atoms with Crippen molar-refractivity contribution in [1.29, 1.82) is 0 Å². The van der Waals surface area contributed by atoms with Crippen LogP contribution in [0.4, 0.5) is 11.4 Å². The number of nitrogen functional groups attached to an aromatic ring is 1. The fraction of sp³-hybridized carbons (Fsp3) is 0.538. The minimum absolute atomic E-state index is 0.661. The van der Waals surface area contributed by atoms with Gasteiger partial charge in [-0.3, -0.25) is 0 Å². The fourth-order valence-electron chi connectivity index (χ4n) is 3.10. The van der Waals surface area contributed by atoms with E-state index in [0.717, 1.165) is 10.2 Å². The maximum atomic E-state index is 5.80. The molecule has 1 saturated carbocycles. The van der Waals surface area contributed by atoms with Crippen LogP contribution in [0.25, 0.3) is 0 Å². The van der Waals surface area contributed by atoms with Gasteiger partial charge in [0.1, 0.15) is 0 Å². The maximum Gasteiger partial charge on any atom is 0.0460 e. The van der Waals surface area contributed by atoms with E-state index in [0.29, 0.717) is 5.41 Å². The Labute approximate surface area is 105 Å². The Morgan fingerprint density at radius 2 is 1.88 bits per heavy atom. The molecule has 2 aliphatic rings. The van der Waals surface area contributed by atoms with Crippen LogP contribution in [0.15, 0.2) is 22.7 Å². The Kier molecular flexibility index (Phi) is 2.39. The van der Waals surface area contributed by atoms with Crippen LogP contribution in [0.2, 0.25) is 0 Å². The molecule has 0 atom stereocenters. The molecule has 1 aliphatic heterocycles. The van der Waals surface area contributed by atoms with Crippen LogP contribution in [0.3, 0.4) is 0 Å². The van der Waals surface area contributed by atoms with Gasteiger partial charge in [0, 0.05) is 34.4 Å². The Hall–Kier alpha value is -0.700. The number of anilines is 2. The summed E-state index contributed by atoms with van der Waals surface area (Å²) in [4.78, 5) is 2.47. The number of hydrogen-bond donors (Lipinski definition) is 1. The van der Waals surface area contributed by atoms with E-state index in [1.54, 1.807) is 0 Å². The molecule has 0 unspecified atom stereocenters. The van der Waals surface area contributed by atoms with Crippen LogP contribution >= 0.6 is 15.9 Å². The molecule has 1 spiro atoms. The average molecular weight is 281 g/mol. The van der Waals surface area contributed by atoms with Gasteiger partial charge in [0.05, 0.1) is 0 Å². The van der Waals surface area contributed by atoms with Crippen LogP contribution in [0, 0.1) is 5.41 Å². The summed E-state index contributed by atoms with van der Waals surface area (Å²) in [6.45, 7) is 2.48. The summed E-state index contributed by atoms with van der Waals surface area (Å²) in [7, 11) is 0. The zero-order chi connectivity index (χ0) is 11.2. The Morgan fingerprint density at radius 3 is 2.50 bits per heavy atom. The van der Waals surface area contributed by atoms with Gasteiger partial charge in [0.15, 0.2) is 0 Å². The third-order valence-electron chi connectivity index (χ3n) is 4.07. The van der Waals surface area contributed by atoms with E-state index in [4.69, 9.17) is 5.73 Å². The third kappa shape index (κ3) is 1.61. The number of halogens is 1. The molecule has 1 heterocycles. The molecular formula is C13H17BrN2. The quantitative estimate of drug-likeness (QED) is 0.799. The first-order valence-corrected chi connectivity index (χ1v) is 6.78. The lowest BCUT2D eigenvalue weighted by Gasteiger charge is -2.49.